The van der Waals surface area contributed by atoms with Crippen molar-refractivity contribution in [3.05, 3.63) is 217 Å². The minimum absolute atomic E-state index is 0.0265. The van der Waals surface area contributed by atoms with Gasteiger partial charge in [-0.25, -0.2) is 9.98 Å². The Kier molecular flexibility index (Phi) is 8.19. The van der Waals surface area contributed by atoms with Crippen molar-refractivity contribution in [2.75, 3.05) is 0 Å². The van der Waals surface area contributed by atoms with Gasteiger partial charge in [0.05, 0.1) is 28.1 Å². The number of amidine groups is 1. The van der Waals surface area contributed by atoms with Crippen LogP contribution in [0.5, 0.6) is 0 Å². The lowest BCUT2D eigenvalue weighted by Crippen LogP contribution is -2.17. The lowest BCUT2D eigenvalue weighted by molar-refractivity contribution is 0.668. The molecule has 1 atom stereocenters. The van der Waals surface area contributed by atoms with E-state index in [1.54, 1.807) is 0 Å². The number of benzene rings is 9. The summed E-state index contributed by atoms with van der Waals surface area (Å²) < 4.78 is 15.5. The van der Waals surface area contributed by atoms with Crippen LogP contribution in [0.25, 0.3) is 99.0 Å². The molecular weight excluding hydrogens is 783 g/mol. The van der Waals surface area contributed by atoms with Crippen molar-refractivity contribution in [1.29, 1.82) is 0 Å². The summed E-state index contributed by atoms with van der Waals surface area (Å²) in [4.78, 5) is 11.4. The Labute approximate surface area is 368 Å². The zero-order chi connectivity index (χ0) is 42.3. The summed E-state index contributed by atoms with van der Waals surface area (Å²) >= 11 is 0. The van der Waals surface area contributed by atoms with Crippen molar-refractivity contribution in [2.45, 2.75) is 13.3 Å². The van der Waals surface area contributed by atoms with E-state index in [1.165, 1.54) is 21.5 Å². The first kappa shape index (κ1) is 36.4. The van der Waals surface area contributed by atoms with Crippen LogP contribution in [0.2, 0.25) is 0 Å². The second-order valence-corrected chi connectivity index (χ2v) is 16.9. The zero-order valence-corrected chi connectivity index (χ0v) is 35.0. The topological polar surface area (TPSA) is 55.9 Å². The molecule has 0 spiro atoms. The predicted molar refractivity (Wildman–Crippen MR) is 266 cm³/mol. The fourth-order valence-electron chi connectivity index (χ4n) is 9.96. The zero-order valence-electron chi connectivity index (χ0n) is 35.0. The third-order valence-electron chi connectivity index (χ3n) is 13.0. The largest absolute Gasteiger partial charge is 0.456 e. The van der Waals surface area contributed by atoms with Crippen LogP contribution in [0.3, 0.4) is 0 Å². The van der Waals surface area contributed by atoms with Gasteiger partial charge in [-0.05, 0) is 76.9 Å². The molecule has 0 aliphatic carbocycles. The number of para-hydroxylation sites is 3. The van der Waals surface area contributed by atoms with Crippen LogP contribution in [0.4, 0.5) is 0 Å². The molecule has 3 aromatic heterocycles. The number of hydrogen-bond donors (Lipinski definition) is 0. The maximum absolute atomic E-state index is 6.66. The number of allylic oxidation sites excluding steroid dienone is 1. The summed E-state index contributed by atoms with van der Waals surface area (Å²) in [5.41, 5.74) is 13.7. The van der Waals surface area contributed by atoms with Crippen LogP contribution in [0.1, 0.15) is 30.0 Å². The Morgan fingerprint density at radius 1 is 0.453 bits per heavy atom. The van der Waals surface area contributed by atoms with E-state index in [0.29, 0.717) is 12.3 Å². The lowest BCUT2D eigenvalue weighted by atomic mass is 9.90. The van der Waals surface area contributed by atoms with Crippen molar-refractivity contribution in [3.8, 4) is 16.8 Å². The fourth-order valence-corrected chi connectivity index (χ4v) is 9.96. The highest BCUT2D eigenvalue weighted by atomic mass is 16.3. The minimum atomic E-state index is 0.0265. The first-order valence-electron chi connectivity index (χ1n) is 21.9. The molecular formula is C59H39N3O2. The van der Waals surface area contributed by atoms with Gasteiger partial charge in [-0.1, -0.05) is 153 Å². The van der Waals surface area contributed by atoms with Gasteiger partial charge in [-0.2, -0.15) is 0 Å². The molecule has 5 nitrogen and oxygen atoms in total. The Hall–Kier alpha value is -8.28. The van der Waals surface area contributed by atoms with Crippen molar-refractivity contribution < 1.29 is 8.83 Å². The molecule has 9 aromatic carbocycles. The number of aliphatic imine (C=N–C) groups is 2. The Morgan fingerprint density at radius 3 is 1.97 bits per heavy atom. The van der Waals surface area contributed by atoms with E-state index >= 15 is 0 Å². The molecule has 0 fully saturated rings. The average Bonchev–Trinajstić information content (AvgIpc) is 4.01. The van der Waals surface area contributed by atoms with E-state index in [1.807, 2.05) is 24.3 Å². The highest BCUT2D eigenvalue weighted by Gasteiger charge is 2.25. The minimum Gasteiger partial charge on any atom is -0.456 e. The van der Waals surface area contributed by atoms with Crippen LogP contribution < -0.4 is 0 Å². The van der Waals surface area contributed by atoms with E-state index in [4.69, 9.17) is 18.8 Å². The molecule has 0 saturated heterocycles. The highest BCUT2D eigenvalue weighted by Crippen LogP contribution is 2.42. The van der Waals surface area contributed by atoms with Crippen LogP contribution in [-0.4, -0.2) is 16.1 Å². The van der Waals surface area contributed by atoms with Crippen LogP contribution >= 0.6 is 0 Å². The molecule has 0 bridgehead atoms. The normalized spacial score (nSPS) is 15.5. The summed E-state index contributed by atoms with van der Waals surface area (Å²) in [5, 5.41) is 9.05. The molecule has 1 aliphatic rings. The van der Waals surface area contributed by atoms with Gasteiger partial charge in [0.25, 0.3) is 0 Å². The number of hydrogen-bond acceptors (Lipinski definition) is 4. The maximum atomic E-state index is 6.66. The third kappa shape index (κ3) is 5.78. The quantitative estimate of drug-likeness (QED) is 0.174. The van der Waals surface area contributed by atoms with Gasteiger partial charge in [-0.3, -0.25) is 0 Å². The molecule has 64 heavy (non-hydrogen) atoms. The molecule has 0 amide bonds. The first-order chi connectivity index (χ1) is 31.6. The standard InChI is InChI=1S/C59H39N3O2/c1-36-29-30-49(60-59(41-20-13-19-38(31-41)37-15-3-2-4-16-37)61-58(36)45-24-14-28-55-57(45)44-23-9-12-27-54(44)63-55)48-34-47-43-22-8-11-26-53(43)64-56(47)35-52(48)62-50-25-10-7-21-42(50)46-32-39-17-5-6-18-40(39)33-51(46)62/h2-28,30-36H,29H2,1H3/b49-30+,60-59?,61-58?. The van der Waals surface area contributed by atoms with Gasteiger partial charge >= 0.3 is 0 Å². The Balaban J connectivity index is 1.11. The van der Waals surface area contributed by atoms with Crippen LogP contribution in [0, 0.1) is 5.92 Å². The molecule has 0 saturated carbocycles. The van der Waals surface area contributed by atoms with E-state index < -0.39 is 0 Å². The number of aromatic nitrogens is 1. The summed E-state index contributed by atoms with van der Waals surface area (Å²) in [7, 11) is 0. The Morgan fingerprint density at radius 2 is 1.11 bits per heavy atom. The average molecular weight is 822 g/mol. The number of rotatable bonds is 5. The SMILES string of the molecule is CC1C/C=C(\c2cc3c(cc2-n2c4ccccc4c4cc5ccccc5cc42)oc2ccccc23)N=C(c2cccc(-c3ccccc3)c2)N=C1c1cccc2oc3ccccc3c12. The summed E-state index contributed by atoms with van der Waals surface area (Å²) in [6.45, 7) is 2.28. The van der Waals surface area contributed by atoms with E-state index in [0.717, 1.165) is 99.8 Å². The third-order valence-corrected chi connectivity index (χ3v) is 13.0. The Bertz CT molecular complexity index is 3950. The molecule has 12 aromatic rings. The summed E-state index contributed by atoms with van der Waals surface area (Å²) in [6, 6.07) is 68.6. The molecule has 0 N–H and O–H groups in total. The van der Waals surface area contributed by atoms with Crippen molar-refractivity contribution in [1.82, 2.24) is 4.57 Å². The van der Waals surface area contributed by atoms with Gasteiger partial charge in [0, 0.05) is 61.0 Å². The lowest BCUT2D eigenvalue weighted by Gasteiger charge is -2.21. The smallest absolute Gasteiger partial charge is 0.160 e. The van der Waals surface area contributed by atoms with Crippen LogP contribution in [-0.2, 0) is 0 Å². The number of fused-ring (bicyclic) bond motifs is 10. The van der Waals surface area contributed by atoms with Crippen LogP contribution in [0.15, 0.2) is 219 Å². The highest BCUT2D eigenvalue weighted by molar-refractivity contribution is 6.23. The van der Waals surface area contributed by atoms with Gasteiger partial charge in [0.1, 0.15) is 22.3 Å². The fraction of sp³-hybridized carbons (Fsp3) is 0.0508. The van der Waals surface area contributed by atoms with Crippen molar-refractivity contribution >= 4 is 93.7 Å². The van der Waals surface area contributed by atoms with E-state index in [2.05, 4.69) is 187 Å². The second kappa shape index (κ2) is 14.4. The maximum Gasteiger partial charge on any atom is 0.160 e. The number of nitrogens with zero attached hydrogens (tertiary/aromatic N) is 3. The van der Waals surface area contributed by atoms with E-state index in [9.17, 15) is 0 Å². The molecule has 13 rings (SSSR count). The number of furan rings is 2. The van der Waals surface area contributed by atoms with Gasteiger partial charge in [-0.15, -0.1) is 0 Å². The molecule has 1 unspecified atom stereocenters. The van der Waals surface area contributed by atoms with Gasteiger partial charge in [0.2, 0.25) is 0 Å². The monoisotopic (exact) mass is 821 g/mol. The molecule has 1 aliphatic heterocycles. The molecule has 4 heterocycles. The predicted octanol–water partition coefficient (Wildman–Crippen LogP) is 15.7. The summed E-state index contributed by atoms with van der Waals surface area (Å²) in [5.74, 6) is 0.672. The summed E-state index contributed by atoms with van der Waals surface area (Å²) in [6.07, 6.45) is 3.03. The van der Waals surface area contributed by atoms with Gasteiger partial charge in [0.15, 0.2) is 5.84 Å². The first-order valence-corrected chi connectivity index (χ1v) is 21.9. The van der Waals surface area contributed by atoms with E-state index in [-0.39, 0.29) is 5.92 Å². The molecule has 0 radical (unpaired) electrons. The van der Waals surface area contributed by atoms with Gasteiger partial charge < -0.3 is 13.4 Å². The molecule has 5 heteroatoms. The van der Waals surface area contributed by atoms with Crippen molar-refractivity contribution in [2.24, 2.45) is 15.9 Å². The molecule has 302 valence electrons. The van der Waals surface area contributed by atoms with Crippen molar-refractivity contribution in [3.63, 3.8) is 0 Å². The second-order valence-electron chi connectivity index (χ2n) is 16.9.